The van der Waals surface area contributed by atoms with Gasteiger partial charge < -0.3 is 10.6 Å². The second-order valence-electron chi connectivity index (χ2n) is 7.98. The van der Waals surface area contributed by atoms with Crippen molar-refractivity contribution in [1.82, 2.24) is 15.1 Å². The highest BCUT2D eigenvalue weighted by molar-refractivity contribution is 5.94. The van der Waals surface area contributed by atoms with Gasteiger partial charge in [0, 0.05) is 35.5 Å². The van der Waals surface area contributed by atoms with Gasteiger partial charge in [-0.25, -0.2) is 0 Å². The van der Waals surface area contributed by atoms with Gasteiger partial charge in [0.1, 0.15) is 0 Å². The van der Waals surface area contributed by atoms with Crippen molar-refractivity contribution in [2.45, 2.75) is 38.5 Å². The maximum absolute atomic E-state index is 12.6. The summed E-state index contributed by atoms with van der Waals surface area (Å²) in [5.74, 6) is 0.132. The van der Waals surface area contributed by atoms with E-state index in [0.717, 1.165) is 68.4 Å². The van der Waals surface area contributed by atoms with Gasteiger partial charge in [-0.2, -0.15) is 5.10 Å². The van der Waals surface area contributed by atoms with Crippen molar-refractivity contribution >= 4 is 5.91 Å². The molecule has 5 heteroatoms. The van der Waals surface area contributed by atoms with Crippen LogP contribution in [0.15, 0.2) is 54.6 Å². The highest BCUT2D eigenvalue weighted by Crippen LogP contribution is 2.27. The Morgan fingerprint density at radius 2 is 1.70 bits per heavy atom. The van der Waals surface area contributed by atoms with E-state index in [-0.39, 0.29) is 5.91 Å². The number of carbonyl (C=O) groups excluding carboxylic acids is 1. The van der Waals surface area contributed by atoms with Crippen LogP contribution < -0.4 is 5.73 Å². The summed E-state index contributed by atoms with van der Waals surface area (Å²) in [6.07, 6.45) is 5.93. The highest BCUT2D eigenvalue weighted by Gasteiger charge is 2.20. The van der Waals surface area contributed by atoms with E-state index in [2.05, 4.69) is 34.5 Å². The molecule has 4 rings (SSSR count). The van der Waals surface area contributed by atoms with Crippen molar-refractivity contribution in [2.75, 3.05) is 19.6 Å². The Morgan fingerprint density at radius 1 is 0.967 bits per heavy atom. The zero-order valence-corrected chi connectivity index (χ0v) is 17.4. The summed E-state index contributed by atoms with van der Waals surface area (Å²) < 4.78 is 0. The summed E-state index contributed by atoms with van der Waals surface area (Å²) in [4.78, 5) is 14.6. The molecule has 1 aliphatic rings. The Bertz CT molecular complexity index is 957. The van der Waals surface area contributed by atoms with Crippen molar-refractivity contribution < 1.29 is 4.79 Å². The average Bonchev–Trinajstić information content (AvgIpc) is 3.47. The Morgan fingerprint density at radius 3 is 2.40 bits per heavy atom. The van der Waals surface area contributed by atoms with Crippen LogP contribution in [0.2, 0.25) is 0 Å². The van der Waals surface area contributed by atoms with Gasteiger partial charge in [0.05, 0.1) is 5.69 Å². The number of rotatable bonds is 8. The van der Waals surface area contributed by atoms with E-state index in [1.807, 2.05) is 35.2 Å². The molecule has 0 bridgehead atoms. The molecule has 3 N–H and O–H groups in total. The molecule has 1 aromatic heterocycles. The van der Waals surface area contributed by atoms with Gasteiger partial charge in [0.2, 0.25) is 0 Å². The number of aromatic amines is 1. The number of amides is 1. The largest absolute Gasteiger partial charge is 0.339 e. The molecular formula is C25H30N4O. The molecule has 1 saturated heterocycles. The minimum Gasteiger partial charge on any atom is -0.339 e. The van der Waals surface area contributed by atoms with E-state index < -0.39 is 0 Å². The number of nitrogens with two attached hydrogens (primary N) is 1. The predicted molar refractivity (Wildman–Crippen MR) is 120 cm³/mol. The predicted octanol–water partition coefficient (Wildman–Crippen LogP) is 3.99. The first-order chi connectivity index (χ1) is 14.8. The van der Waals surface area contributed by atoms with E-state index >= 15 is 0 Å². The Balaban J connectivity index is 1.53. The lowest BCUT2D eigenvalue weighted by molar-refractivity contribution is 0.0793. The SMILES string of the molecule is NCCCc1c(-c2ccc(C(=O)N3CCCC3)cc2)n[nH]c1CCc1ccccc1. The fourth-order valence-corrected chi connectivity index (χ4v) is 4.18. The third kappa shape index (κ3) is 4.62. The van der Waals surface area contributed by atoms with Gasteiger partial charge in [0.15, 0.2) is 0 Å². The summed E-state index contributed by atoms with van der Waals surface area (Å²) >= 11 is 0. The topological polar surface area (TPSA) is 75.0 Å². The van der Waals surface area contributed by atoms with Crippen molar-refractivity contribution in [3.63, 3.8) is 0 Å². The number of carbonyl (C=O) groups is 1. The van der Waals surface area contributed by atoms with Crippen molar-refractivity contribution in [3.05, 3.63) is 77.0 Å². The standard InChI is InChI=1S/C25H30N4O/c26-16-6-9-22-23(15-10-19-7-2-1-3-8-19)27-28-24(22)20-11-13-21(14-12-20)25(30)29-17-4-5-18-29/h1-3,7-8,11-14H,4-6,9-10,15-18,26H2,(H,27,28). The number of hydrogen-bond donors (Lipinski definition) is 2. The van der Waals surface area contributed by atoms with Gasteiger partial charge in [-0.05, 0) is 62.8 Å². The van der Waals surface area contributed by atoms with Crippen LogP contribution >= 0.6 is 0 Å². The van der Waals surface area contributed by atoms with Crippen LogP contribution in [0.25, 0.3) is 11.3 Å². The number of aryl methyl sites for hydroxylation is 2. The van der Waals surface area contributed by atoms with Crippen molar-refractivity contribution in [3.8, 4) is 11.3 Å². The van der Waals surface area contributed by atoms with Gasteiger partial charge in [-0.1, -0.05) is 42.5 Å². The number of likely N-dealkylation sites (tertiary alicyclic amines) is 1. The molecule has 0 atom stereocenters. The molecule has 30 heavy (non-hydrogen) atoms. The maximum atomic E-state index is 12.6. The van der Waals surface area contributed by atoms with E-state index in [1.165, 1.54) is 16.8 Å². The number of H-pyrrole nitrogens is 1. The Kier molecular flexibility index (Phi) is 6.60. The van der Waals surface area contributed by atoms with Gasteiger partial charge in [-0.3, -0.25) is 9.89 Å². The van der Waals surface area contributed by atoms with Crippen LogP contribution in [-0.2, 0) is 19.3 Å². The molecule has 0 aliphatic carbocycles. The molecule has 1 aliphatic heterocycles. The first-order valence-electron chi connectivity index (χ1n) is 11.0. The first kappa shape index (κ1) is 20.4. The van der Waals surface area contributed by atoms with Crippen LogP contribution in [0.4, 0.5) is 0 Å². The van der Waals surface area contributed by atoms with Crippen LogP contribution in [0.5, 0.6) is 0 Å². The summed E-state index contributed by atoms with van der Waals surface area (Å²) in [5.41, 5.74) is 12.3. The van der Waals surface area contributed by atoms with Crippen LogP contribution in [0, 0.1) is 0 Å². The number of nitrogens with zero attached hydrogens (tertiary/aromatic N) is 2. The molecule has 1 amide bonds. The van der Waals surface area contributed by atoms with E-state index in [1.54, 1.807) is 0 Å². The van der Waals surface area contributed by atoms with E-state index in [4.69, 9.17) is 5.73 Å². The molecule has 2 heterocycles. The van der Waals surface area contributed by atoms with Crippen molar-refractivity contribution in [2.24, 2.45) is 5.73 Å². The summed E-state index contributed by atoms with van der Waals surface area (Å²) in [5, 5.41) is 7.91. The van der Waals surface area contributed by atoms with E-state index in [9.17, 15) is 4.79 Å². The molecule has 0 radical (unpaired) electrons. The number of aromatic nitrogens is 2. The smallest absolute Gasteiger partial charge is 0.253 e. The molecule has 5 nitrogen and oxygen atoms in total. The summed E-state index contributed by atoms with van der Waals surface area (Å²) in [6.45, 7) is 2.40. The second-order valence-corrected chi connectivity index (χ2v) is 7.98. The van der Waals surface area contributed by atoms with Crippen LogP contribution in [-0.4, -0.2) is 40.6 Å². The lowest BCUT2D eigenvalue weighted by Crippen LogP contribution is -2.27. The number of nitrogens with one attached hydrogen (secondary N) is 1. The van der Waals surface area contributed by atoms with E-state index in [0.29, 0.717) is 6.54 Å². The Labute approximate surface area is 178 Å². The molecule has 156 valence electrons. The minimum atomic E-state index is 0.132. The molecule has 0 spiro atoms. The third-order valence-electron chi connectivity index (χ3n) is 5.89. The molecule has 0 unspecified atom stereocenters. The maximum Gasteiger partial charge on any atom is 0.253 e. The van der Waals surface area contributed by atoms with Gasteiger partial charge in [0.25, 0.3) is 5.91 Å². The van der Waals surface area contributed by atoms with Crippen LogP contribution in [0.3, 0.4) is 0 Å². The van der Waals surface area contributed by atoms with Crippen LogP contribution in [0.1, 0.15) is 46.4 Å². The molecule has 1 fully saturated rings. The summed E-state index contributed by atoms with van der Waals surface area (Å²) in [6, 6.07) is 18.4. The number of hydrogen-bond acceptors (Lipinski definition) is 3. The highest BCUT2D eigenvalue weighted by atomic mass is 16.2. The quantitative estimate of drug-likeness (QED) is 0.598. The second kappa shape index (κ2) is 9.72. The fraction of sp³-hybridized carbons (Fsp3) is 0.360. The molecule has 3 aromatic rings. The average molecular weight is 403 g/mol. The lowest BCUT2D eigenvalue weighted by Gasteiger charge is -2.15. The molecule has 2 aromatic carbocycles. The fourth-order valence-electron chi connectivity index (χ4n) is 4.18. The van der Waals surface area contributed by atoms with Gasteiger partial charge >= 0.3 is 0 Å². The molecule has 0 saturated carbocycles. The summed E-state index contributed by atoms with van der Waals surface area (Å²) in [7, 11) is 0. The van der Waals surface area contributed by atoms with Gasteiger partial charge in [-0.15, -0.1) is 0 Å². The van der Waals surface area contributed by atoms with Crippen molar-refractivity contribution in [1.29, 1.82) is 0 Å². The number of benzene rings is 2. The zero-order chi connectivity index (χ0) is 20.8. The first-order valence-corrected chi connectivity index (χ1v) is 11.0. The normalized spacial score (nSPS) is 13.7. The lowest BCUT2D eigenvalue weighted by atomic mass is 9.98. The Hall–Kier alpha value is -2.92. The zero-order valence-electron chi connectivity index (χ0n) is 17.4. The third-order valence-corrected chi connectivity index (χ3v) is 5.89. The minimum absolute atomic E-state index is 0.132. The molecular weight excluding hydrogens is 372 g/mol. The monoisotopic (exact) mass is 402 g/mol.